The van der Waals surface area contributed by atoms with Crippen LogP contribution < -0.4 is 10.0 Å². The Hall–Kier alpha value is -2.48. The predicted molar refractivity (Wildman–Crippen MR) is 107 cm³/mol. The van der Waals surface area contributed by atoms with Crippen LogP contribution in [0.25, 0.3) is 0 Å². The van der Waals surface area contributed by atoms with Crippen molar-refractivity contribution in [3.8, 4) is 0 Å². The van der Waals surface area contributed by atoms with E-state index in [1.165, 1.54) is 0 Å². The lowest BCUT2D eigenvalue weighted by Gasteiger charge is -2.05. The third-order valence-electron chi connectivity index (χ3n) is 3.91. The minimum atomic E-state index is -3.54. The van der Waals surface area contributed by atoms with Gasteiger partial charge in [0.05, 0.1) is 6.54 Å². The molecule has 0 aliphatic carbocycles. The summed E-state index contributed by atoms with van der Waals surface area (Å²) >= 11 is 1.16. The molecule has 1 heterocycles. The molecule has 0 atom stereocenters. The van der Waals surface area contributed by atoms with Gasteiger partial charge < -0.3 is 5.32 Å². The van der Waals surface area contributed by atoms with Crippen LogP contribution in [0.15, 0.2) is 77.0 Å². The summed E-state index contributed by atoms with van der Waals surface area (Å²) in [7, 11) is -3.54. The fourth-order valence-corrected chi connectivity index (χ4v) is 4.87. The molecule has 27 heavy (non-hydrogen) atoms. The zero-order valence-electron chi connectivity index (χ0n) is 14.6. The number of carbonyl (C=O) groups is 1. The lowest BCUT2D eigenvalue weighted by atomic mass is 10.2. The second-order valence-corrected chi connectivity index (χ2v) is 9.06. The van der Waals surface area contributed by atoms with E-state index < -0.39 is 10.0 Å². The maximum Gasteiger partial charge on any atom is 0.251 e. The first-order valence-corrected chi connectivity index (χ1v) is 10.8. The molecule has 1 amide bonds. The van der Waals surface area contributed by atoms with Gasteiger partial charge in [0.1, 0.15) is 4.21 Å². The lowest BCUT2D eigenvalue weighted by Crippen LogP contribution is -2.25. The zero-order chi connectivity index (χ0) is 19.1. The van der Waals surface area contributed by atoms with Crippen molar-refractivity contribution in [1.82, 2.24) is 10.0 Å². The van der Waals surface area contributed by atoms with E-state index in [9.17, 15) is 13.2 Å². The number of carbonyl (C=O) groups excluding carboxylic acids is 1. The molecule has 1 aromatic heterocycles. The Kier molecular flexibility index (Phi) is 6.39. The number of hydrogen-bond donors (Lipinski definition) is 2. The van der Waals surface area contributed by atoms with Gasteiger partial charge in [-0.1, -0.05) is 48.5 Å². The van der Waals surface area contributed by atoms with Crippen LogP contribution >= 0.6 is 11.3 Å². The van der Waals surface area contributed by atoms with Gasteiger partial charge in [-0.05, 0) is 36.2 Å². The molecule has 0 spiro atoms. The summed E-state index contributed by atoms with van der Waals surface area (Å²) in [4.78, 5) is 12.8. The van der Waals surface area contributed by atoms with Crippen LogP contribution in [0.5, 0.6) is 0 Å². The van der Waals surface area contributed by atoms with Crippen molar-refractivity contribution in [2.24, 2.45) is 0 Å². The van der Waals surface area contributed by atoms with E-state index in [2.05, 4.69) is 10.0 Å². The van der Waals surface area contributed by atoms with Gasteiger partial charge in [0.2, 0.25) is 10.0 Å². The number of sulfonamides is 1. The van der Waals surface area contributed by atoms with Gasteiger partial charge in [0.25, 0.3) is 5.91 Å². The topological polar surface area (TPSA) is 75.3 Å². The number of amides is 1. The van der Waals surface area contributed by atoms with Crippen molar-refractivity contribution in [3.05, 3.63) is 88.8 Å². The van der Waals surface area contributed by atoms with E-state index in [1.807, 2.05) is 36.4 Å². The van der Waals surface area contributed by atoms with Crippen LogP contribution in [0.3, 0.4) is 0 Å². The van der Waals surface area contributed by atoms with Crippen molar-refractivity contribution in [1.29, 1.82) is 0 Å². The van der Waals surface area contributed by atoms with E-state index in [0.29, 0.717) is 18.5 Å². The highest BCUT2D eigenvalue weighted by atomic mass is 32.2. The summed E-state index contributed by atoms with van der Waals surface area (Å²) in [5.74, 6) is -0.186. The lowest BCUT2D eigenvalue weighted by molar-refractivity contribution is 0.0951. The first-order chi connectivity index (χ1) is 13.0. The molecule has 0 bridgehead atoms. The SMILES string of the molecule is O=C(NCc1ccc(S(=O)(=O)NCCc2ccccc2)s1)c1ccccc1. The van der Waals surface area contributed by atoms with Gasteiger partial charge in [-0.15, -0.1) is 11.3 Å². The molecule has 0 saturated heterocycles. The minimum Gasteiger partial charge on any atom is -0.347 e. The first kappa shape index (κ1) is 19.3. The summed E-state index contributed by atoms with van der Waals surface area (Å²) in [6, 6.07) is 21.9. The average Bonchev–Trinajstić information content (AvgIpc) is 3.18. The normalized spacial score (nSPS) is 11.3. The molecule has 0 radical (unpaired) electrons. The third-order valence-corrected chi connectivity index (χ3v) is 6.95. The summed E-state index contributed by atoms with van der Waals surface area (Å²) in [6.45, 7) is 0.627. The molecule has 2 N–H and O–H groups in total. The summed E-state index contributed by atoms with van der Waals surface area (Å²) < 4.78 is 27.7. The van der Waals surface area contributed by atoms with Crippen LogP contribution in [-0.4, -0.2) is 20.9 Å². The fraction of sp³-hybridized carbons (Fsp3) is 0.150. The summed E-state index contributed by atoms with van der Waals surface area (Å²) in [6.07, 6.45) is 0.630. The van der Waals surface area contributed by atoms with E-state index >= 15 is 0 Å². The van der Waals surface area contributed by atoms with Gasteiger partial charge in [-0.2, -0.15) is 0 Å². The van der Waals surface area contributed by atoms with Crippen molar-refractivity contribution in [2.45, 2.75) is 17.2 Å². The molecule has 3 rings (SSSR count). The molecular formula is C20H20N2O3S2. The van der Waals surface area contributed by atoms with Crippen molar-refractivity contribution in [3.63, 3.8) is 0 Å². The molecule has 3 aromatic rings. The fourth-order valence-electron chi connectivity index (χ4n) is 2.50. The molecule has 5 nitrogen and oxygen atoms in total. The zero-order valence-corrected chi connectivity index (χ0v) is 16.2. The Balaban J connectivity index is 1.53. The molecule has 2 aromatic carbocycles. The number of hydrogen-bond acceptors (Lipinski definition) is 4. The van der Waals surface area contributed by atoms with Crippen LogP contribution in [0.1, 0.15) is 20.8 Å². The second kappa shape index (κ2) is 8.94. The van der Waals surface area contributed by atoms with Gasteiger partial charge in [0.15, 0.2) is 0 Å². The first-order valence-electron chi connectivity index (χ1n) is 8.50. The van der Waals surface area contributed by atoms with E-state index in [0.717, 1.165) is 21.8 Å². The highest BCUT2D eigenvalue weighted by Gasteiger charge is 2.16. The highest BCUT2D eigenvalue weighted by molar-refractivity contribution is 7.91. The Labute approximate surface area is 163 Å². The van der Waals surface area contributed by atoms with Gasteiger partial charge in [0, 0.05) is 17.0 Å². The minimum absolute atomic E-state index is 0.186. The molecule has 140 valence electrons. The maximum absolute atomic E-state index is 12.4. The monoisotopic (exact) mass is 400 g/mol. The number of rotatable bonds is 8. The van der Waals surface area contributed by atoms with Gasteiger partial charge >= 0.3 is 0 Å². The van der Waals surface area contributed by atoms with Crippen molar-refractivity contribution < 1.29 is 13.2 Å². The average molecular weight is 401 g/mol. The molecule has 0 aliphatic heterocycles. The van der Waals surface area contributed by atoms with Crippen LogP contribution in [0, 0.1) is 0 Å². The van der Waals surface area contributed by atoms with E-state index in [1.54, 1.807) is 36.4 Å². The molecule has 7 heteroatoms. The van der Waals surface area contributed by atoms with E-state index in [4.69, 9.17) is 0 Å². The molecule has 0 aliphatic rings. The van der Waals surface area contributed by atoms with Crippen LogP contribution in [0.2, 0.25) is 0 Å². The quantitative estimate of drug-likeness (QED) is 0.610. The smallest absolute Gasteiger partial charge is 0.251 e. The van der Waals surface area contributed by atoms with Crippen LogP contribution in [-0.2, 0) is 23.0 Å². The van der Waals surface area contributed by atoms with Crippen LogP contribution in [0.4, 0.5) is 0 Å². The Morgan fingerprint density at radius 1 is 0.889 bits per heavy atom. The van der Waals surface area contributed by atoms with Crippen molar-refractivity contribution in [2.75, 3.05) is 6.54 Å². The predicted octanol–water partition coefficient (Wildman–Crippen LogP) is 3.20. The summed E-state index contributed by atoms with van der Waals surface area (Å²) in [5.41, 5.74) is 1.65. The molecule has 0 unspecified atom stereocenters. The number of thiophene rings is 1. The number of benzene rings is 2. The highest BCUT2D eigenvalue weighted by Crippen LogP contribution is 2.21. The molecule has 0 fully saturated rings. The Bertz CT molecular complexity index is 984. The largest absolute Gasteiger partial charge is 0.347 e. The third kappa shape index (κ3) is 5.50. The van der Waals surface area contributed by atoms with Crippen molar-refractivity contribution >= 4 is 27.3 Å². The molecule has 0 saturated carbocycles. The number of nitrogens with one attached hydrogen (secondary N) is 2. The summed E-state index contributed by atoms with van der Waals surface area (Å²) in [5, 5.41) is 2.80. The Morgan fingerprint density at radius 3 is 2.26 bits per heavy atom. The van der Waals surface area contributed by atoms with Gasteiger partial charge in [-0.25, -0.2) is 13.1 Å². The standard InChI is InChI=1S/C20H20N2O3S2/c23-20(17-9-5-2-6-10-17)21-15-18-11-12-19(26-18)27(24,25)22-14-13-16-7-3-1-4-8-16/h1-12,22H,13-15H2,(H,21,23). The second-order valence-electron chi connectivity index (χ2n) is 5.90. The Morgan fingerprint density at radius 2 is 1.56 bits per heavy atom. The maximum atomic E-state index is 12.4. The molecular weight excluding hydrogens is 380 g/mol. The van der Waals surface area contributed by atoms with Gasteiger partial charge in [-0.3, -0.25) is 4.79 Å². The van der Waals surface area contributed by atoms with E-state index in [-0.39, 0.29) is 16.7 Å².